The van der Waals surface area contributed by atoms with E-state index in [1.165, 1.54) is 12.1 Å². The van der Waals surface area contributed by atoms with Crippen LogP contribution < -0.4 is 0 Å². The number of aliphatic hydroxyl groups excluding tert-OH is 1. The van der Waals surface area contributed by atoms with Crippen molar-refractivity contribution >= 4 is 0 Å². The Morgan fingerprint density at radius 3 is 2.23 bits per heavy atom. The zero-order valence-corrected chi connectivity index (χ0v) is 12.2. The van der Waals surface area contributed by atoms with Crippen LogP contribution in [0.25, 0.3) is 0 Å². The SMILES string of the molecule is OC[C@@H]1CC[C@@H](c2ccc(F)cc2)O[C@H]1c1ccc(O)cc1. The largest absolute Gasteiger partial charge is 0.508 e. The number of hydrogen-bond acceptors (Lipinski definition) is 3. The molecular weight excluding hydrogens is 283 g/mol. The van der Waals surface area contributed by atoms with Gasteiger partial charge in [0.15, 0.2) is 0 Å². The molecule has 0 spiro atoms. The zero-order valence-electron chi connectivity index (χ0n) is 12.2. The van der Waals surface area contributed by atoms with Gasteiger partial charge in [-0.1, -0.05) is 24.3 Å². The maximum absolute atomic E-state index is 13.1. The van der Waals surface area contributed by atoms with E-state index in [1.807, 2.05) is 12.1 Å². The standard InChI is InChI=1S/C18H19FO3/c19-15-6-1-12(2-7-15)17-10-5-14(11-20)18(22-17)13-3-8-16(21)9-4-13/h1-4,6-9,14,17-18,20-21H,5,10-11H2/t14-,17-,18-/m0/s1. The van der Waals surface area contributed by atoms with E-state index >= 15 is 0 Å². The summed E-state index contributed by atoms with van der Waals surface area (Å²) >= 11 is 0. The number of aliphatic hydroxyl groups is 1. The number of rotatable bonds is 3. The van der Waals surface area contributed by atoms with Gasteiger partial charge >= 0.3 is 0 Å². The lowest BCUT2D eigenvalue weighted by molar-refractivity contribution is -0.0995. The maximum Gasteiger partial charge on any atom is 0.123 e. The number of phenolic OH excluding ortho intramolecular Hbond substituents is 1. The van der Waals surface area contributed by atoms with Gasteiger partial charge in [0.25, 0.3) is 0 Å². The summed E-state index contributed by atoms with van der Waals surface area (Å²) in [6.45, 7) is 0.0572. The van der Waals surface area contributed by atoms with Crippen LogP contribution in [0.5, 0.6) is 5.75 Å². The molecule has 0 unspecified atom stereocenters. The summed E-state index contributed by atoms with van der Waals surface area (Å²) in [4.78, 5) is 0. The molecule has 2 aromatic carbocycles. The van der Waals surface area contributed by atoms with Gasteiger partial charge in [0.1, 0.15) is 11.6 Å². The number of ether oxygens (including phenoxy) is 1. The van der Waals surface area contributed by atoms with Gasteiger partial charge < -0.3 is 14.9 Å². The van der Waals surface area contributed by atoms with Crippen molar-refractivity contribution in [3.8, 4) is 5.75 Å². The normalized spacial score (nSPS) is 25.1. The molecule has 0 saturated carbocycles. The first-order valence-electron chi connectivity index (χ1n) is 7.48. The third-order valence-corrected chi connectivity index (χ3v) is 4.24. The van der Waals surface area contributed by atoms with Crippen molar-refractivity contribution in [3.05, 3.63) is 65.5 Å². The van der Waals surface area contributed by atoms with E-state index in [9.17, 15) is 14.6 Å². The smallest absolute Gasteiger partial charge is 0.123 e. The van der Waals surface area contributed by atoms with E-state index in [4.69, 9.17) is 4.74 Å². The molecule has 2 aromatic rings. The molecule has 0 aromatic heterocycles. The Morgan fingerprint density at radius 2 is 1.59 bits per heavy atom. The monoisotopic (exact) mass is 302 g/mol. The van der Waals surface area contributed by atoms with Crippen LogP contribution in [0.2, 0.25) is 0 Å². The van der Waals surface area contributed by atoms with Crippen LogP contribution in [0.15, 0.2) is 48.5 Å². The maximum atomic E-state index is 13.1. The van der Waals surface area contributed by atoms with Crippen molar-refractivity contribution in [1.29, 1.82) is 0 Å². The van der Waals surface area contributed by atoms with E-state index in [0.717, 1.165) is 24.0 Å². The van der Waals surface area contributed by atoms with Crippen LogP contribution in [0.4, 0.5) is 4.39 Å². The summed E-state index contributed by atoms with van der Waals surface area (Å²) in [5.74, 6) is -0.0284. The molecule has 0 amide bonds. The van der Waals surface area contributed by atoms with Crippen LogP contribution in [0, 0.1) is 11.7 Å². The molecule has 1 aliphatic heterocycles. The first kappa shape index (κ1) is 15.0. The minimum Gasteiger partial charge on any atom is -0.508 e. The van der Waals surface area contributed by atoms with Crippen molar-refractivity contribution in [2.45, 2.75) is 25.0 Å². The fourth-order valence-corrected chi connectivity index (χ4v) is 3.00. The van der Waals surface area contributed by atoms with Crippen molar-refractivity contribution in [2.24, 2.45) is 5.92 Å². The number of benzene rings is 2. The Balaban J connectivity index is 1.83. The summed E-state index contributed by atoms with van der Waals surface area (Å²) in [5, 5.41) is 19.0. The highest BCUT2D eigenvalue weighted by Crippen LogP contribution is 2.42. The van der Waals surface area contributed by atoms with Gasteiger partial charge in [0.2, 0.25) is 0 Å². The highest BCUT2D eigenvalue weighted by Gasteiger charge is 2.32. The first-order chi connectivity index (χ1) is 10.7. The Kier molecular flexibility index (Phi) is 4.41. The Bertz CT molecular complexity index is 609. The molecule has 22 heavy (non-hydrogen) atoms. The highest BCUT2D eigenvalue weighted by atomic mass is 19.1. The molecule has 3 rings (SSSR count). The van der Waals surface area contributed by atoms with Gasteiger partial charge in [-0.3, -0.25) is 0 Å². The van der Waals surface area contributed by atoms with E-state index < -0.39 is 0 Å². The van der Waals surface area contributed by atoms with E-state index in [-0.39, 0.29) is 36.3 Å². The molecule has 116 valence electrons. The van der Waals surface area contributed by atoms with Crippen molar-refractivity contribution < 1.29 is 19.3 Å². The van der Waals surface area contributed by atoms with Crippen molar-refractivity contribution in [1.82, 2.24) is 0 Å². The van der Waals surface area contributed by atoms with E-state index in [1.54, 1.807) is 24.3 Å². The Labute approximate surface area is 129 Å². The number of phenols is 1. The Hall–Kier alpha value is -1.91. The summed E-state index contributed by atoms with van der Waals surface area (Å²) < 4.78 is 19.2. The molecule has 1 heterocycles. The number of hydrogen-bond donors (Lipinski definition) is 2. The molecule has 0 aliphatic carbocycles. The second-order valence-corrected chi connectivity index (χ2v) is 5.71. The molecule has 3 atom stereocenters. The quantitative estimate of drug-likeness (QED) is 0.908. The second kappa shape index (κ2) is 6.46. The van der Waals surface area contributed by atoms with Gasteiger partial charge in [-0.15, -0.1) is 0 Å². The van der Waals surface area contributed by atoms with Crippen molar-refractivity contribution in [2.75, 3.05) is 6.61 Å². The van der Waals surface area contributed by atoms with Crippen LogP contribution in [0.3, 0.4) is 0 Å². The Morgan fingerprint density at radius 1 is 0.955 bits per heavy atom. The van der Waals surface area contributed by atoms with E-state index in [2.05, 4.69) is 0 Å². The topological polar surface area (TPSA) is 49.7 Å². The molecule has 2 N–H and O–H groups in total. The van der Waals surface area contributed by atoms with Crippen LogP contribution in [0.1, 0.15) is 36.2 Å². The van der Waals surface area contributed by atoms with Gasteiger partial charge in [-0.2, -0.15) is 0 Å². The van der Waals surface area contributed by atoms with Gasteiger partial charge in [-0.05, 0) is 48.2 Å². The average molecular weight is 302 g/mol. The lowest BCUT2D eigenvalue weighted by Gasteiger charge is -2.36. The third kappa shape index (κ3) is 3.13. The van der Waals surface area contributed by atoms with E-state index in [0.29, 0.717) is 0 Å². The fourth-order valence-electron chi connectivity index (χ4n) is 3.00. The molecule has 1 aliphatic rings. The van der Waals surface area contributed by atoms with Crippen molar-refractivity contribution in [3.63, 3.8) is 0 Å². The molecule has 0 bridgehead atoms. The first-order valence-corrected chi connectivity index (χ1v) is 7.48. The second-order valence-electron chi connectivity index (χ2n) is 5.71. The fraction of sp³-hybridized carbons (Fsp3) is 0.333. The number of aromatic hydroxyl groups is 1. The molecule has 0 radical (unpaired) electrons. The van der Waals surface area contributed by atoms with Crippen LogP contribution in [-0.2, 0) is 4.74 Å². The predicted octanol–water partition coefficient (Wildman–Crippen LogP) is 3.73. The van der Waals surface area contributed by atoms with Gasteiger partial charge in [-0.25, -0.2) is 4.39 Å². The molecular formula is C18H19FO3. The summed E-state index contributed by atoms with van der Waals surface area (Å²) in [7, 11) is 0. The lowest BCUT2D eigenvalue weighted by Crippen LogP contribution is -2.27. The minimum absolute atomic E-state index is 0.0289. The molecule has 1 fully saturated rings. The highest BCUT2D eigenvalue weighted by molar-refractivity contribution is 5.28. The van der Waals surface area contributed by atoms with Crippen LogP contribution in [-0.4, -0.2) is 16.8 Å². The predicted molar refractivity (Wildman–Crippen MR) is 80.9 cm³/mol. The number of halogens is 1. The van der Waals surface area contributed by atoms with Crippen LogP contribution >= 0.6 is 0 Å². The molecule has 1 saturated heterocycles. The lowest BCUT2D eigenvalue weighted by atomic mass is 9.86. The summed E-state index contributed by atoms with van der Waals surface area (Å²) in [6.07, 6.45) is 1.30. The average Bonchev–Trinajstić information content (AvgIpc) is 2.56. The molecule has 4 heteroatoms. The summed E-state index contributed by atoms with van der Waals surface area (Å²) in [6, 6.07) is 13.2. The third-order valence-electron chi connectivity index (χ3n) is 4.24. The van der Waals surface area contributed by atoms with Gasteiger partial charge in [0, 0.05) is 12.5 Å². The van der Waals surface area contributed by atoms with Gasteiger partial charge in [0.05, 0.1) is 12.2 Å². The minimum atomic E-state index is -0.261. The zero-order chi connectivity index (χ0) is 15.5. The molecule has 3 nitrogen and oxygen atoms in total. The summed E-state index contributed by atoms with van der Waals surface area (Å²) in [5.41, 5.74) is 1.88.